The Hall–Kier alpha value is -6.54. The van der Waals surface area contributed by atoms with Crippen LogP contribution < -0.4 is 9.80 Å². The lowest BCUT2D eigenvalue weighted by atomic mass is 9.93. The molecule has 0 saturated carbocycles. The first kappa shape index (κ1) is 34.5. The molecule has 2 aliphatic rings. The summed E-state index contributed by atoms with van der Waals surface area (Å²) in [5.74, 6) is -1.05. The molecular weight excluding hydrogens is 669 g/mol. The first-order valence-corrected chi connectivity index (χ1v) is 18.2. The highest BCUT2D eigenvalue weighted by Crippen LogP contribution is 2.49. The SMILES string of the molecule is Cc1ccc(N(c2ccc(C)cc2)c2ccc(C3=C4C(=O)N(C)C(c5ccc(N(c6ccc(C)cc6)c6ccc(C)cc6)cn5)C4C(=O)N3C)nc2)cc1. The van der Waals surface area contributed by atoms with Gasteiger partial charge in [0, 0.05) is 36.8 Å². The van der Waals surface area contributed by atoms with Crippen LogP contribution in [0.2, 0.25) is 0 Å². The maximum atomic E-state index is 14.1. The molecule has 6 aromatic rings. The number of likely N-dealkylation sites (tertiary alicyclic amines) is 1. The second kappa shape index (κ2) is 13.8. The van der Waals surface area contributed by atoms with E-state index in [0.29, 0.717) is 22.7 Å². The molecule has 1 saturated heterocycles. The molecule has 8 nitrogen and oxygen atoms in total. The molecule has 2 amide bonds. The molecule has 0 bridgehead atoms. The van der Waals surface area contributed by atoms with Crippen molar-refractivity contribution in [3.05, 3.63) is 173 Å². The van der Waals surface area contributed by atoms with Gasteiger partial charge in [-0.15, -0.1) is 0 Å². The Balaban J connectivity index is 1.13. The van der Waals surface area contributed by atoms with E-state index < -0.39 is 12.0 Å². The summed E-state index contributed by atoms with van der Waals surface area (Å²) < 4.78 is 0. The van der Waals surface area contributed by atoms with Crippen LogP contribution in [0.5, 0.6) is 0 Å². The number of fused-ring (bicyclic) bond motifs is 1. The lowest BCUT2D eigenvalue weighted by Gasteiger charge is -2.27. The van der Waals surface area contributed by atoms with Gasteiger partial charge in [-0.05, 0) is 100 Å². The zero-order valence-corrected chi connectivity index (χ0v) is 31.4. The topological polar surface area (TPSA) is 72.9 Å². The van der Waals surface area contributed by atoms with Crippen molar-refractivity contribution in [3.63, 3.8) is 0 Å². The molecule has 0 N–H and O–H groups in total. The van der Waals surface area contributed by atoms with Crippen molar-refractivity contribution < 1.29 is 9.59 Å². The van der Waals surface area contributed by atoms with Crippen molar-refractivity contribution in [2.24, 2.45) is 5.92 Å². The Morgan fingerprint density at radius 2 is 0.889 bits per heavy atom. The number of pyridine rings is 2. The number of benzene rings is 4. The lowest BCUT2D eigenvalue weighted by molar-refractivity contribution is -0.130. The van der Waals surface area contributed by atoms with Crippen LogP contribution in [0.1, 0.15) is 39.7 Å². The number of nitrogens with zero attached hydrogens (tertiary/aromatic N) is 6. The molecule has 0 spiro atoms. The third kappa shape index (κ3) is 6.09. The zero-order valence-electron chi connectivity index (χ0n) is 31.4. The van der Waals surface area contributed by atoms with Gasteiger partial charge in [-0.25, -0.2) is 0 Å². The first-order valence-electron chi connectivity index (χ1n) is 18.2. The summed E-state index contributed by atoms with van der Waals surface area (Å²) >= 11 is 0. The monoisotopic (exact) mass is 710 g/mol. The number of carbonyl (C=O) groups excluding carboxylic acids is 2. The Morgan fingerprint density at radius 1 is 0.500 bits per heavy atom. The van der Waals surface area contributed by atoms with E-state index in [1.165, 1.54) is 22.3 Å². The molecule has 8 heteroatoms. The van der Waals surface area contributed by atoms with Crippen LogP contribution in [0.3, 0.4) is 0 Å². The molecule has 4 aromatic carbocycles. The van der Waals surface area contributed by atoms with Gasteiger partial charge in [0.05, 0.1) is 58.4 Å². The van der Waals surface area contributed by atoms with Crippen LogP contribution in [-0.4, -0.2) is 45.7 Å². The predicted octanol–water partition coefficient (Wildman–Crippen LogP) is 9.66. The van der Waals surface area contributed by atoms with E-state index in [1.54, 1.807) is 23.9 Å². The maximum absolute atomic E-state index is 14.1. The van der Waals surface area contributed by atoms with Gasteiger partial charge in [0.1, 0.15) is 0 Å². The van der Waals surface area contributed by atoms with Crippen LogP contribution in [0.4, 0.5) is 34.1 Å². The summed E-state index contributed by atoms with van der Waals surface area (Å²) in [4.78, 5) is 45.5. The van der Waals surface area contributed by atoms with E-state index in [4.69, 9.17) is 9.97 Å². The van der Waals surface area contributed by atoms with E-state index in [2.05, 4.69) is 135 Å². The van der Waals surface area contributed by atoms with Gasteiger partial charge in [-0.1, -0.05) is 70.8 Å². The lowest BCUT2D eigenvalue weighted by Crippen LogP contribution is -2.33. The minimum atomic E-state index is -0.704. The summed E-state index contributed by atoms with van der Waals surface area (Å²) in [7, 11) is 3.48. The van der Waals surface area contributed by atoms with E-state index >= 15 is 0 Å². The van der Waals surface area contributed by atoms with Crippen molar-refractivity contribution in [2.45, 2.75) is 33.7 Å². The fourth-order valence-corrected chi connectivity index (χ4v) is 7.55. The van der Waals surface area contributed by atoms with E-state index in [-0.39, 0.29) is 11.8 Å². The van der Waals surface area contributed by atoms with Crippen LogP contribution in [0.25, 0.3) is 5.70 Å². The molecule has 8 rings (SSSR count). The van der Waals surface area contributed by atoms with Crippen molar-refractivity contribution in [1.29, 1.82) is 0 Å². The molecule has 4 heterocycles. The first-order chi connectivity index (χ1) is 26.1. The summed E-state index contributed by atoms with van der Waals surface area (Å²) in [5.41, 5.74) is 12.7. The number of hydrogen-bond donors (Lipinski definition) is 0. The van der Waals surface area contributed by atoms with Crippen LogP contribution in [-0.2, 0) is 9.59 Å². The fourth-order valence-electron chi connectivity index (χ4n) is 7.55. The molecule has 2 aromatic heterocycles. The molecule has 268 valence electrons. The molecule has 2 atom stereocenters. The third-order valence-corrected chi connectivity index (χ3v) is 10.5. The largest absolute Gasteiger partial charge is 0.332 e. The normalized spacial score (nSPS) is 16.6. The molecule has 2 aliphatic heterocycles. The third-order valence-electron chi connectivity index (χ3n) is 10.5. The quantitative estimate of drug-likeness (QED) is 0.157. The molecule has 2 unspecified atom stereocenters. The molecule has 1 fully saturated rings. The molecular formula is C46H42N6O2. The molecule has 0 aliphatic carbocycles. The number of aryl methyl sites for hydroxylation is 4. The Morgan fingerprint density at radius 3 is 1.26 bits per heavy atom. The highest BCUT2D eigenvalue weighted by atomic mass is 16.2. The van der Waals surface area contributed by atoms with Crippen molar-refractivity contribution in [2.75, 3.05) is 23.9 Å². The van der Waals surface area contributed by atoms with Gasteiger partial charge < -0.3 is 19.6 Å². The average molecular weight is 711 g/mol. The van der Waals surface area contributed by atoms with Crippen LogP contribution in [0, 0.1) is 33.6 Å². The van der Waals surface area contributed by atoms with Crippen molar-refractivity contribution in [1.82, 2.24) is 19.8 Å². The Labute approximate surface area is 316 Å². The standard InChI is InChI=1S/C46H42N6O2/c1-29-7-15-33(16-8-29)51(34-17-9-30(2)10-18-34)37-23-25-39(47-27-37)43-41-42(46(54)49(43)5)44(50(6)45(41)53)40-26-24-38(28-48-40)52(35-19-11-31(3)12-20-35)36-21-13-32(4)14-22-36/h7-28,41,43H,1-6H3. The van der Waals surface area contributed by atoms with E-state index in [1.807, 2.05) is 36.7 Å². The van der Waals surface area contributed by atoms with Gasteiger partial charge >= 0.3 is 0 Å². The van der Waals surface area contributed by atoms with Crippen LogP contribution in [0.15, 0.2) is 139 Å². The number of likely N-dealkylation sites (N-methyl/N-ethyl adjacent to an activating group) is 1. The minimum absolute atomic E-state index is 0.152. The number of carbonyl (C=O) groups is 2. The number of amides is 2. The van der Waals surface area contributed by atoms with Crippen molar-refractivity contribution >= 4 is 51.6 Å². The molecule has 54 heavy (non-hydrogen) atoms. The van der Waals surface area contributed by atoms with Gasteiger partial charge in [-0.3, -0.25) is 19.6 Å². The average Bonchev–Trinajstić information content (AvgIpc) is 3.59. The second-order valence-corrected chi connectivity index (χ2v) is 14.4. The molecule has 0 radical (unpaired) electrons. The fraction of sp³-hybridized carbons (Fsp3) is 0.174. The summed E-state index contributed by atoms with van der Waals surface area (Å²) in [6, 6.07) is 40.8. The van der Waals surface area contributed by atoms with Gasteiger partial charge in [0.2, 0.25) is 5.91 Å². The van der Waals surface area contributed by atoms with E-state index in [9.17, 15) is 9.59 Å². The number of rotatable bonds is 8. The number of anilines is 6. The van der Waals surface area contributed by atoms with Gasteiger partial charge in [-0.2, -0.15) is 0 Å². The van der Waals surface area contributed by atoms with Crippen molar-refractivity contribution in [3.8, 4) is 0 Å². The summed E-state index contributed by atoms with van der Waals surface area (Å²) in [6.07, 6.45) is 3.64. The van der Waals surface area contributed by atoms with E-state index in [0.717, 1.165) is 34.1 Å². The highest BCUT2D eigenvalue weighted by Gasteiger charge is 2.55. The second-order valence-electron chi connectivity index (χ2n) is 14.4. The maximum Gasteiger partial charge on any atom is 0.253 e. The van der Waals surface area contributed by atoms with Gasteiger partial charge in [0.15, 0.2) is 0 Å². The Bertz CT molecular complexity index is 2280. The Kier molecular flexibility index (Phi) is 8.82. The van der Waals surface area contributed by atoms with Gasteiger partial charge in [0.25, 0.3) is 5.91 Å². The highest BCUT2D eigenvalue weighted by molar-refractivity contribution is 6.15. The van der Waals surface area contributed by atoms with Crippen LogP contribution >= 0.6 is 0 Å². The zero-order chi connectivity index (χ0) is 37.7. The minimum Gasteiger partial charge on any atom is -0.332 e. The number of aromatic nitrogens is 2. The predicted molar refractivity (Wildman–Crippen MR) is 215 cm³/mol. The summed E-state index contributed by atoms with van der Waals surface area (Å²) in [5, 5.41) is 0. The number of hydrogen-bond acceptors (Lipinski definition) is 6. The summed E-state index contributed by atoms with van der Waals surface area (Å²) in [6.45, 7) is 8.29. The smallest absolute Gasteiger partial charge is 0.253 e.